The van der Waals surface area contributed by atoms with E-state index < -0.39 is 27.5 Å². The van der Waals surface area contributed by atoms with E-state index in [4.69, 9.17) is 4.74 Å². The summed E-state index contributed by atoms with van der Waals surface area (Å²) in [4.78, 5) is 11.3. The maximum Gasteiger partial charge on any atom is 0.418 e. The van der Waals surface area contributed by atoms with Crippen LogP contribution < -0.4 is 14.8 Å². The molecular weight excluding hydrogens is 385 g/mol. The maximum absolute atomic E-state index is 13.1. The van der Waals surface area contributed by atoms with Crippen LogP contribution in [0.25, 0.3) is 0 Å². The van der Waals surface area contributed by atoms with Crippen LogP contribution in [0.1, 0.15) is 18.9 Å². The Morgan fingerprint density at radius 3 is 2.37 bits per heavy atom. The van der Waals surface area contributed by atoms with E-state index in [9.17, 15) is 26.4 Å². The molecule has 0 spiro atoms. The average Bonchev–Trinajstić information content (AvgIpc) is 2.60. The fraction of sp³-hybridized carbons (Fsp3) is 0.235. The number of sulfonamides is 1. The molecule has 0 saturated carbocycles. The van der Waals surface area contributed by atoms with Crippen LogP contribution in [0.5, 0.6) is 5.75 Å². The molecule has 6 nitrogen and oxygen atoms in total. The molecule has 27 heavy (non-hydrogen) atoms. The minimum absolute atomic E-state index is 0.0938. The molecule has 0 saturated heterocycles. The molecular formula is C17H17F3N2O4S. The lowest BCUT2D eigenvalue weighted by Crippen LogP contribution is -2.18. The van der Waals surface area contributed by atoms with Crippen LogP contribution in [0, 0.1) is 0 Å². The molecule has 1 amide bonds. The highest BCUT2D eigenvalue weighted by atomic mass is 32.2. The first-order valence-electron chi connectivity index (χ1n) is 7.75. The molecule has 0 aliphatic carbocycles. The number of para-hydroxylation sites is 1. The Morgan fingerprint density at radius 1 is 1.11 bits per heavy atom. The number of alkyl halides is 3. The van der Waals surface area contributed by atoms with Gasteiger partial charge in [0.2, 0.25) is 5.91 Å². The summed E-state index contributed by atoms with van der Waals surface area (Å²) in [6, 6.07) is 7.82. The first-order valence-corrected chi connectivity index (χ1v) is 9.23. The van der Waals surface area contributed by atoms with Crippen LogP contribution in [0.3, 0.4) is 0 Å². The van der Waals surface area contributed by atoms with Crippen molar-refractivity contribution < 1.29 is 31.1 Å². The highest BCUT2D eigenvalue weighted by Crippen LogP contribution is 2.36. The Morgan fingerprint density at radius 2 is 1.78 bits per heavy atom. The van der Waals surface area contributed by atoms with Crippen molar-refractivity contribution in [1.29, 1.82) is 0 Å². The Bertz CT molecular complexity index is 943. The molecule has 2 N–H and O–H groups in total. The van der Waals surface area contributed by atoms with Crippen molar-refractivity contribution >= 4 is 27.3 Å². The molecule has 0 unspecified atom stereocenters. The summed E-state index contributed by atoms with van der Waals surface area (Å²) in [7, 11) is -3.01. The van der Waals surface area contributed by atoms with E-state index in [0.717, 1.165) is 24.3 Å². The lowest BCUT2D eigenvalue weighted by molar-refractivity contribution is -0.136. The van der Waals surface area contributed by atoms with Gasteiger partial charge in [0.15, 0.2) is 0 Å². The summed E-state index contributed by atoms with van der Waals surface area (Å²) >= 11 is 0. The lowest BCUT2D eigenvalue weighted by Gasteiger charge is -2.16. The second kappa shape index (κ2) is 7.87. The first kappa shape index (κ1) is 20.6. The van der Waals surface area contributed by atoms with E-state index in [0.29, 0.717) is 0 Å². The molecule has 0 atom stereocenters. The topological polar surface area (TPSA) is 84.5 Å². The van der Waals surface area contributed by atoms with Crippen molar-refractivity contribution in [2.75, 3.05) is 17.1 Å². The van der Waals surface area contributed by atoms with Crippen LogP contribution in [-0.2, 0) is 21.0 Å². The zero-order valence-corrected chi connectivity index (χ0v) is 15.2. The smallest absolute Gasteiger partial charge is 0.418 e. The van der Waals surface area contributed by atoms with Crippen LogP contribution in [0.4, 0.5) is 24.5 Å². The second-order valence-corrected chi connectivity index (χ2v) is 7.10. The van der Waals surface area contributed by atoms with Gasteiger partial charge in [-0.25, -0.2) is 8.42 Å². The quantitative estimate of drug-likeness (QED) is 0.768. The molecule has 10 heteroatoms. The van der Waals surface area contributed by atoms with Crippen molar-refractivity contribution in [2.45, 2.75) is 24.4 Å². The fourth-order valence-electron chi connectivity index (χ4n) is 2.21. The number of benzene rings is 2. The minimum Gasteiger partial charge on any atom is -0.495 e. The molecule has 0 heterocycles. The molecule has 0 aliphatic heterocycles. The van der Waals surface area contributed by atoms with E-state index in [1.165, 1.54) is 25.3 Å². The number of amides is 1. The number of hydrogen-bond donors (Lipinski definition) is 2. The molecule has 2 aromatic carbocycles. The zero-order valence-electron chi connectivity index (χ0n) is 14.4. The second-order valence-electron chi connectivity index (χ2n) is 5.41. The van der Waals surface area contributed by atoms with Gasteiger partial charge in [0.1, 0.15) is 5.75 Å². The molecule has 2 rings (SSSR count). The van der Waals surface area contributed by atoms with Gasteiger partial charge in [-0.3, -0.25) is 9.52 Å². The number of hydrogen-bond acceptors (Lipinski definition) is 4. The van der Waals surface area contributed by atoms with Gasteiger partial charge in [-0.1, -0.05) is 19.1 Å². The van der Waals surface area contributed by atoms with Crippen LogP contribution in [0.2, 0.25) is 0 Å². The van der Waals surface area contributed by atoms with E-state index in [2.05, 4.69) is 5.32 Å². The molecule has 0 aliphatic rings. The SMILES string of the molecule is CCC(=O)Nc1cc(S(=O)(=O)Nc2ccccc2C(F)(F)F)ccc1OC. The number of nitrogens with one attached hydrogen (secondary N) is 2. The molecule has 0 aromatic heterocycles. The normalized spacial score (nSPS) is 11.7. The monoisotopic (exact) mass is 402 g/mol. The average molecular weight is 402 g/mol. The van der Waals surface area contributed by atoms with Crippen LogP contribution in [-0.4, -0.2) is 21.4 Å². The Labute approximate surface area is 154 Å². The summed E-state index contributed by atoms with van der Waals surface area (Å²) in [6.45, 7) is 1.61. The number of ether oxygens (including phenoxy) is 1. The van der Waals surface area contributed by atoms with E-state index in [1.807, 2.05) is 4.72 Å². The van der Waals surface area contributed by atoms with Gasteiger partial charge in [0, 0.05) is 6.42 Å². The van der Waals surface area contributed by atoms with Gasteiger partial charge in [-0.2, -0.15) is 13.2 Å². The van der Waals surface area contributed by atoms with Crippen molar-refractivity contribution in [3.8, 4) is 5.75 Å². The first-order chi connectivity index (χ1) is 12.6. The third-order valence-electron chi connectivity index (χ3n) is 3.55. The number of carbonyl (C=O) groups excluding carboxylic acids is 1. The number of carbonyl (C=O) groups is 1. The molecule has 2 aromatic rings. The van der Waals surface area contributed by atoms with E-state index in [-0.39, 0.29) is 28.7 Å². The predicted molar refractivity (Wildman–Crippen MR) is 94.2 cm³/mol. The maximum atomic E-state index is 13.1. The summed E-state index contributed by atoms with van der Waals surface area (Å²) in [6.07, 6.45) is -4.57. The van der Waals surface area contributed by atoms with Gasteiger partial charge in [0.05, 0.1) is 28.9 Å². The molecule has 146 valence electrons. The molecule has 0 fully saturated rings. The van der Waals surface area contributed by atoms with Gasteiger partial charge in [-0.05, 0) is 30.3 Å². The minimum atomic E-state index is -4.72. The van der Waals surface area contributed by atoms with Crippen molar-refractivity contribution in [3.05, 3.63) is 48.0 Å². The number of methoxy groups -OCH3 is 1. The van der Waals surface area contributed by atoms with Crippen molar-refractivity contribution in [3.63, 3.8) is 0 Å². The Balaban J connectivity index is 2.43. The Hall–Kier alpha value is -2.75. The third-order valence-corrected chi connectivity index (χ3v) is 4.92. The third kappa shape index (κ3) is 4.91. The highest BCUT2D eigenvalue weighted by molar-refractivity contribution is 7.92. The highest BCUT2D eigenvalue weighted by Gasteiger charge is 2.34. The zero-order chi connectivity index (χ0) is 20.2. The fourth-order valence-corrected chi connectivity index (χ4v) is 3.32. The Kier molecular flexibility index (Phi) is 5.99. The van der Waals surface area contributed by atoms with Gasteiger partial charge in [0.25, 0.3) is 10.0 Å². The summed E-state index contributed by atoms with van der Waals surface area (Å²) in [5, 5.41) is 2.49. The number of halogens is 3. The standard InChI is InChI=1S/C17H17F3N2O4S/c1-3-16(23)21-14-10-11(8-9-15(14)26-2)27(24,25)22-13-7-5-4-6-12(13)17(18,19)20/h4-10,22H,3H2,1-2H3,(H,21,23). The molecule has 0 bridgehead atoms. The van der Waals surface area contributed by atoms with Crippen LogP contribution >= 0.6 is 0 Å². The van der Waals surface area contributed by atoms with Gasteiger partial charge in [-0.15, -0.1) is 0 Å². The van der Waals surface area contributed by atoms with E-state index >= 15 is 0 Å². The largest absolute Gasteiger partial charge is 0.495 e. The van der Waals surface area contributed by atoms with E-state index in [1.54, 1.807) is 6.92 Å². The van der Waals surface area contributed by atoms with Crippen LogP contribution in [0.15, 0.2) is 47.4 Å². The lowest BCUT2D eigenvalue weighted by atomic mass is 10.2. The molecule has 0 radical (unpaired) electrons. The van der Waals surface area contributed by atoms with Crippen molar-refractivity contribution in [2.24, 2.45) is 0 Å². The number of anilines is 2. The van der Waals surface area contributed by atoms with Crippen molar-refractivity contribution in [1.82, 2.24) is 0 Å². The van der Waals surface area contributed by atoms with Gasteiger partial charge >= 0.3 is 6.18 Å². The van der Waals surface area contributed by atoms with Gasteiger partial charge < -0.3 is 10.1 Å². The summed E-state index contributed by atoms with van der Waals surface area (Å²) < 4.78 is 71.3. The predicted octanol–water partition coefficient (Wildman–Crippen LogP) is 3.86. The summed E-state index contributed by atoms with van der Waals surface area (Å²) in [5.74, 6) is -0.162. The number of rotatable bonds is 6. The summed E-state index contributed by atoms with van der Waals surface area (Å²) in [5.41, 5.74) is -1.61.